The van der Waals surface area contributed by atoms with Gasteiger partial charge in [-0.25, -0.2) is 0 Å². The van der Waals surface area contributed by atoms with Gasteiger partial charge in [0.1, 0.15) is 0 Å². The summed E-state index contributed by atoms with van der Waals surface area (Å²) in [6.07, 6.45) is 0. The van der Waals surface area contributed by atoms with Crippen LogP contribution in [0.5, 0.6) is 0 Å². The fraction of sp³-hybridized carbons (Fsp3) is 0.333. The Morgan fingerprint density at radius 1 is 0.950 bits per heavy atom. The van der Waals surface area contributed by atoms with E-state index in [0.29, 0.717) is 6.61 Å². The van der Waals surface area contributed by atoms with Crippen LogP contribution in [0.3, 0.4) is 0 Å². The van der Waals surface area contributed by atoms with E-state index in [1.165, 1.54) is 22.3 Å². The number of hydrogen-bond donors (Lipinski definition) is 0. The van der Waals surface area contributed by atoms with Gasteiger partial charge in [-0.05, 0) is 37.7 Å². The molecule has 2 rings (SSSR count). The second-order valence-corrected chi connectivity index (χ2v) is 5.38. The average molecular weight is 269 g/mol. The van der Waals surface area contributed by atoms with Gasteiger partial charge in [-0.15, -0.1) is 0 Å². The minimum Gasteiger partial charge on any atom is -0.375 e. The molecule has 0 aliphatic heterocycles. The van der Waals surface area contributed by atoms with Crippen molar-refractivity contribution >= 4 is 0 Å². The second kappa shape index (κ2) is 7.22. The van der Waals surface area contributed by atoms with E-state index in [4.69, 9.17) is 4.74 Å². The zero-order valence-corrected chi connectivity index (χ0v) is 12.6. The number of hydrogen-bond acceptors (Lipinski definition) is 2. The highest BCUT2D eigenvalue weighted by Crippen LogP contribution is 2.24. The number of ether oxygens (including phenoxy) is 1. The third-order valence-corrected chi connectivity index (χ3v) is 3.32. The van der Waals surface area contributed by atoms with Crippen LogP contribution in [0, 0.1) is 6.92 Å². The maximum Gasteiger partial charge on any atom is 0.0723 e. The van der Waals surface area contributed by atoms with Gasteiger partial charge in [0.15, 0.2) is 0 Å². The smallest absolute Gasteiger partial charge is 0.0723 e. The van der Waals surface area contributed by atoms with Crippen LogP contribution >= 0.6 is 0 Å². The first kappa shape index (κ1) is 14.8. The van der Waals surface area contributed by atoms with E-state index in [1.54, 1.807) is 0 Å². The van der Waals surface area contributed by atoms with Gasteiger partial charge in [0.05, 0.1) is 13.2 Å². The molecule has 0 saturated carbocycles. The molecule has 20 heavy (non-hydrogen) atoms. The first-order valence-corrected chi connectivity index (χ1v) is 7.04. The van der Waals surface area contributed by atoms with Crippen LogP contribution in [-0.2, 0) is 11.3 Å². The standard InChI is InChI=1S/C18H23NO/c1-15-8-10-16(11-9-15)18-7-5-4-6-17(18)14-20-13-12-19(2)3/h4-11H,12-14H2,1-3H3. The number of aryl methyl sites for hydroxylation is 1. The summed E-state index contributed by atoms with van der Waals surface area (Å²) in [4.78, 5) is 2.13. The Bertz CT molecular complexity index is 531. The number of benzene rings is 2. The van der Waals surface area contributed by atoms with Gasteiger partial charge in [0.25, 0.3) is 0 Å². The summed E-state index contributed by atoms with van der Waals surface area (Å²) in [6.45, 7) is 4.49. The molecule has 2 nitrogen and oxygen atoms in total. The van der Waals surface area contributed by atoms with Crippen molar-refractivity contribution in [1.29, 1.82) is 0 Å². The van der Waals surface area contributed by atoms with Gasteiger partial charge in [-0.1, -0.05) is 54.1 Å². The molecular formula is C18H23NO. The van der Waals surface area contributed by atoms with E-state index >= 15 is 0 Å². The molecule has 0 heterocycles. The van der Waals surface area contributed by atoms with Crippen LogP contribution < -0.4 is 0 Å². The Hall–Kier alpha value is -1.64. The van der Waals surface area contributed by atoms with Crippen LogP contribution in [0.15, 0.2) is 48.5 Å². The van der Waals surface area contributed by atoms with Crippen molar-refractivity contribution < 1.29 is 4.74 Å². The largest absolute Gasteiger partial charge is 0.375 e. The normalized spacial score (nSPS) is 11.0. The molecule has 0 spiro atoms. The minimum atomic E-state index is 0.665. The second-order valence-electron chi connectivity index (χ2n) is 5.38. The molecule has 0 radical (unpaired) electrons. The van der Waals surface area contributed by atoms with E-state index < -0.39 is 0 Å². The molecule has 0 atom stereocenters. The molecule has 0 fully saturated rings. The van der Waals surface area contributed by atoms with Crippen LogP contribution in [-0.4, -0.2) is 32.1 Å². The Morgan fingerprint density at radius 3 is 2.35 bits per heavy atom. The fourth-order valence-corrected chi connectivity index (χ4v) is 2.09. The summed E-state index contributed by atoms with van der Waals surface area (Å²) in [7, 11) is 4.12. The quantitative estimate of drug-likeness (QED) is 0.741. The van der Waals surface area contributed by atoms with E-state index in [2.05, 4.69) is 74.4 Å². The molecule has 2 aromatic carbocycles. The van der Waals surface area contributed by atoms with Crippen molar-refractivity contribution in [3.05, 3.63) is 59.7 Å². The van der Waals surface area contributed by atoms with Crippen LogP contribution in [0.25, 0.3) is 11.1 Å². The predicted octanol–water partition coefficient (Wildman–Crippen LogP) is 3.74. The Morgan fingerprint density at radius 2 is 1.65 bits per heavy atom. The lowest BCUT2D eigenvalue weighted by atomic mass is 9.99. The molecule has 0 N–H and O–H groups in total. The van der Waals surface area contributed by atoms with Crippen LogP contribution in [0.2, 0.25) is 0 Å². The summed E-state index contributed by atoms with van der Waals surface area (Å²) in [5.74, 6) is 0. The lowest BCUT2D eigenvalue weighted by Crippen LogP contribution is -2.17. The highest BCUT2D eigenvalue weighted by molar-refractivity contribution is 5.67. The topological polar surface area (TPSA) is 12.5 Å². The number of likely N-dealkylation sites (N-methyl/N-ethyl adjacent to an activating group) is 1. The molecule has 0 bridgehead atoms. The van der Waals surface area contributed by atoms with Gasteiger partial charge in [0.2, 0.25) is 0 Å². The molecule has 0 saturated heterocycles. The lowest BCUT2D eigenvalue weighted by Gasteiger charge is -2.12. The predicted molar refractivity (Wildman–Crippen MR) is 84.8 cm³/mol. The number of rotatable bonds is 6. The molecule has 2 heteroatoms. The summed E-state index contributed by atoms with van der Waals surface area (Å²) in [5, 5.41) is 0. The molecule has 0 amide bonds. The SMILES string of the molecule is Cc1ccc(-c2ccccc2COCCN(C)C)cc1. The van der Waals surface area contributed by atoms with Gasteiger partial charge >= 0.3 is 0 Å². The molecular weight excluding hydrogens is 246 g/mol. The molecule has 0 aliphatic rings. The molecule has 0 unspecified atom stereocenters. The highest BCUT2D eigenvalue weighted by atomic mass is 16.5. The van der Waals surface area contributed by atoms with Crippen molar-refractivity contribution in [3.8, 4) is 11.1 Å². The van der Waals surface area contributed by atoms with Crippen molar-refractivity contribution in [2.24, 2.45) is 0 Å². The van der Waals surface area contributed by atoms with Crippen molar-refractivity contribution in [3.63, 3.8) is 0 Å². The van der Waals surface area contributed by atoms with Crippen molar-refractivity contribution in [2.75, 3.05) is 27.2 Å². The van der Waals surface area contributed by atoms with E-state index in [0.717, 1.165) is 13.2 Å². The summed E-state index contributed by atoms with van der Waals surface area (Å²) >= 11 is 0. The van der Waals surface area contributed by atoms with Crippen molar-refractivity contribution in [2.45, 2.75) is 13.5 Å². The Labute approximate surface area is 122 Å². The first-order valence-electron chi connectivity index (χ1n) is 7.04. The van der Waals surface area contributed by atoms with E-state index in [-0.39, 0.29) is 0 Å². The number of nitrogens with zero attached hydrogens (tertiary/aromatic N) is 1. The lowest BCUT2D eigenvalue weighted by molar-refractivity contribution is 0.105. The third kappa shape index (κ3) is 4.19. The summed E-state index contributed by atoms with van der Waals surface area (Å²) in [6, 6.07) is 17.1. The van der Waals surface area contributed by atoms with E-state index in [1.807, 2.05) is 0 Å². The average Bonchev–Trinajstić information content (AvgIpc) is 2.45. The van der Waals surface area contributed by atoms with Crippen molar-refractivity contribution in [1.82, 2.24) is 4.90 Å². The molecule has 106 valence electrons. The van der Waals surface area contributed by atoms with E-state index in [9.17, 15) is 0 Å². The van der Waals surface area contributed by atoms with Crippen LogP contribution in [0.4, 0.5) is 0 Å². The highest BCUT2D eigenvalue weighted by Gasteiger charge is 2.04. The monoisotopic (exact) mass is 269 g/mol. The molecule has 0 aliphatic carbocycles. The van der Waals surface area contributed by atoms with Gasteiger partial charge < -0.3 is 9.64 Å². The van der Waals surface area contributed by atoms with Gasteiger partial charge in [-0.2, -0.15) is 0 Å². The third-order valence-electron chi connectivity index (χ3n) is 3.32. The Kier molecular flexibility index (Phi) is 5.33. The molecule has 0 aromatic heterocycles. The molecule has 2 aromatic rings. The summed E-state index contributed by atoms with van der Waals surface area (Å²) < 4.78 is 5.77. The van der Waals surface area contributed by atoms with Gasteiger partial charge in [-0.3, -0.25) is 0 Å². The fourth-order valence-electron chi connectivity index (χ4n) is 2.09. The summed E-state index contributed by atoms with van der Waals surface area (Å²) in [5.41, 5.74) is 5.04. The minimum absolute atomic E-state index is 0.665. The maximum atomic E-state index is 5.77. The first-order chi connectivity index (χ1) is 9.66. The maximum absolute atomic E-state index is 5.77. The van der Waals surface area contributed by atoms with Gasteiger partial charge in [0, 0.05) is 6.54 Å². The zero-order chi connectivity index (χ0) is 14.4. The van der Waals surface area contributed by atoms with Crippen LogP contribution in [0.1, 0.15) is 11.1 Å². The zero-order valence-electron chi connectivity index (χ0n) is 12.6. The Balaban J connectivity index is 2.08.